The van der Waals surface area contributed by atoms with Crippen molar-refractivity contribution in [3.63, 3.8) is 0 Å². The number of nitrogens with zero attached hydrogens (tertiary/aromatic N) is 3. The fourth-order valence-corrected chi connectivity index (χ4v) is 1.99. The number of carbonyl (C=O) groups is 1. The molecule has 0 saturated carbocycles. The van der Waals surface area contributed by atoms with Crippen molar-refractivity contribution in [2.75, 3.05) is 0 Å². The number of rotatable bonds is 4. The number of imidazole rings is 1. The van der Waals surface area contributed by atoms with Crippen LogP contribution in [0.1, 0.15) is 16.2 Å². The number of nitro benzene ring substituents is 1. The molecule has 1 amide bonds. The van der Waals surface area contributed by atoms with Gasteiger partial charge in [-0.15, -0.1) is 0 Å². The van der Waals surface area contributed by atoms with Crippen LogP contribution in [0.15, 0.2) is 24.4 Å². The molecule has 2 rings (SSSR count). The normalized spacial score (nSPS) is 10.4. The van der Waals surface area contributed by atoms with Crippen molar-refractivity contribution < 1.29 is 9.72 Å². The monoisotopic (exact) mass is 328 g/mol. The highest BCUT2D eigenvalue weighted by atomic mass is 35.5. The lowest BCUT2D eigenvalue weighted by Crippen LogP contribution is -2.24. The Morgan fingerprint density at radius 2 is 2.19 bits per heavy atom. The summed E-state index contributed by atoms with van der Waals surface area (Å²) >= 11 is 11.7. The molecule has 110 valence electrons. The van der Waals surface area contributed by atoms with Crippen molar-refractivity contribution in [1.82, 2.24) is 14.9 Å². The van der Waals surface area contributed by atoms with E-state index in [4.69, 9.17) is 23.2 Å². The maximum absolute atomic E-state index is 12.0. The molecular formula is C12H10Cl2N4O3. The molecule has 0 aliphatic heterocycles. The van der Waals surface area contributed by atoms with Gasteiger partial charge in [-0.1, -0.05) is 23.2 Å². The Kier molecular flexibility index (Phi) is 4.44. The lowest BCUT2D eigenvalue weighted by Gasteiger charge is -2.07. The maximum atomic E-state index is 12.0. The predicted molar refractivity (Wildman–Crippen MR) is 77.5 cm³/mol. The van der Waals surface area contributed by atoms with E-state index in [1.165, 1.54) is 18.3 Å². The van der Waals surface area contributed by atoms with Crippen LogP contribution in [0.2, 0.25) is 10.2 Å². The van der Waals surface area contributed by atoms with Gasteiger partial charge < -0.3 is 9.88 Å². The first kappa shape index (κ1) is 15.3. The Bertz CT molecular complexity index is 715. The first-order valence-corrected chi connectivity index (χ1v) is 6.54. The van der Waals surface area contributed by atoms with Crippen LogP contribution < -0.4 is 5.32 Å². The molecule has 0 saturated heterocycles. The van der Waals surface area contributed by atoms with Crippen LogP contribution in [0.25, 0.3) is 0 Å². The summed E-state index contributed by atoms with van der Waals surface area (Å²) in [5.41, 5.74) is -0.171. The lowest BCUT2D eigenvalue weighted by molar-refractivity contribution is -0.384. The number of amides is 1. The van der Waals surface area contributed by atoms with Gasteiger partial charge in [0.1, 0.15) is 11.0 Å². The average Bonchev–Trinajstić information content (AvgIpc) is 2.76. The fourth-order valence-electron chi connectivity index (χ4n) is 1.64. The first-order chi connectivity index (χ1) is 9.90. The second kappa shape index (κ2) is 6.11. The van der Waals surface area contributed by atoms with Gasteiger partial charge >= 0.3 is 0 Å². The van der Waals surface area contributed by atoms with E-state index in [1.807, 2.05) is 0 Å². The van der Waals surface area contributed by atoms with Crippen molar-refractivity contribution in [2.45, 2.75) is 6.54 Å². The summed E-state index contributed by atoms with van der Waals surface area (Å²) in [4.78, 5) is 26.2. The highest BCUT2D eigenvalue weighted by molar-refractivity contribution is 6.34. The van der Waals surface area contributed by atoms with Crippen LogP contribution in [-0.2, 0) is 13.6 Å². The van der Waals surface area contributed by atoms with Crippen molar-refractivity contribution in [1.29, 1.82) is 0 Å². The first-order valence-electron chi connectivity index (χ1n) is 5.78. The Balaban J connectivity index is 2.15. The molecule has 21 heavy (non-hydrogen) atoms. The summed E-state index contributed by atoms with van der Waals surface area (Å²) in [6.45, 7) is 0.126. The number of carbonyl (C=O) groups excluding carboxylic acids is 1. The second-order valence-corrected chi connectivity index (χ2v) is 4.95. The summed E-state index contributed by atoms with van der Waals surface area (Å²) in [5, 5.41) is 13.9. The molecule has 0 unspecified atom stereocenters. The number of benzene rings is 1. The van der Waals surface area contributed by atoms with Crippen LogP contribution in [0.5, 0.6) is 0 Å². The quantitative estimate of drug-likeness (QED) is 0.689. The summed E-state index contributed by atoms with van der Waals surface area (Å²) in [6, 6.07) is 3.67. The van der Waals surface area contributed by atoms with E-state index in [1.54, 1.807) is 11.6 Å². The molecule has 0 spiro atoms. The number of non-ortho nitro benzene ring substituents is 1. The van der Waals surface area contributed by atoms with E-state index in [-0.39, 0.29) is 22.8 Å². The van der Waals surface area contributed by atoms with Gasteiger partial charge in [0.15, 0.2) is 0 Å². The lowest BCUT2D eigenvalue weighted by atomic mass is 10.2. The number of nitrogens with one attached hydrogen (secondary N) is 1. The third-order valence-corrected chi connectivity index (χ3v) is 3.52. The van der Waals surface area contributed by atoms with E-state index < -0.39 is 10.8 Å². The van der Waals surface area contributed by atoms with Gasteiger partial charge in [0, 0.05) is 19.2 Å². The molecule has 0 aliphatic carbocycles. The smallest absolute Gasteiger partial charge is 0.270 e. The van der Waals surface area contributed by atoms with Gasteiger partial charge in [-0.2, -0.15) is 0 Å². The Morgan fingerprint density at radius 1 is 1.48 bits per heavy atom. The molecule has 0 radical (unpaired) electrons. The predicted octanol–water partition coefficient (Wildman–Crippen LogP) is 2.57. The largest absolute Gasteiger partial charge is 0.345 e. The summed E-state index contributed by atoms with van der Waals surface area (Å²) < 4.78 is 1.61. The van der Waals surface area contributed by atoms with Gasteiger partial charge in [0.25, 0.3) is 11.6 Å². The standard InChI is InChI=1S/C12H10Cl2N4O3/c1-17-10(14)5-15-11(17)6-16-12(19)8-4-7(18(20)21)2-3-9(8)13/h2-5H,6H2,1H3,(H,16,19). The third-order valence-electron chi connectivity index (χ3n) is 2.84. The SMILES string of the molecule is Cn1c(Cl)cnc1CNC(=O)c1cc([N+](=O)[O-])ccc1Cl. The third kappa shape index (κ3) is 3.32. The van der Waals surface area contributed by atoms with Crippen molar-refractivity contribution in [3.05, 3.63) is 56.1 Å². The van der Waals surface area contributed by atoms with Gasteiger partial charge in [0.05, 0.1) is 28.3 Å². The maximum Gasteiger partial charge on any atom is 0.270 e. The number of halogens is 2. The highest BCUT2D eigenvalue weighted by Gasteiger charge is 2.16. The molecule has 2 aromatic rings. The molecule has 0 bridgehead atoms. The molecule has 0 aliphatic rings. The molecule has 1 N–H and O–H groups in total. The van der Waals surface area contributed by atoms with E-state index in [0.29, 0.717) is 11.0 Å². The fraction of sp³-hybridized carbons (Fsp3) is 0.167. The van der Waals surface area contributed by atoms with Gasteiger partial charge in [-0.3, -0.25) is 14.9 Å². The van der Waals surface area contributed by atoms with Crippen LogP contribution in [0, 0.1) is 10.1 Å². The zero-order valence-electron chi connectivity index (χ0n) is 10.8. The number of aromatic nitrogens is 2. The molecule has 0 fully saturated rings. The Hall–Kier alpha value is -2.12. The van der Waals surface area contributed by atoms with E-state index in [0.717, 1.165) is 6.07 Å². The van der Waals surface area contributed by atoms with Crippen LogP contribution in [-0.4, -0.2) is 20.4 Å². The Labute approximate surface area is 129 Å². The van der Waals surface area contributed by atoms with Crippen LogP contribution >= 0.6 is 23.2 Å². The van der Waals surface area contributed by atoms with Crippen molar-refractivity contribution >= 4 is 34.8 Å². The van der Waals surface area contributed by atoms with Crippen LogP contribution in [0.3, 0.4) is 0 Å². The molecule has 9 heteroatoms. The summed E-state index contributed by atoms with van der Waals surface area (Å²) in [6.07, 6.45) is 1.46. The minimum absolute atomic E-state index is 0.0335. The molecule has 1 aromatic carbocycles. The van der Waals surface area contributed by atoms with Gasteiger partial charge in [0.2, 0.25) is 0 Å². The topological polar surface area (TPSA) is 90.1 Å². The molecule has 1 aromatic heterocycles. The van der Waals surface area contributed by atoms with Gasteiger partial charge in [-0.05, 0) is 6.07 Å². The summed E-state index contributed by atoms with van der Waals surface area (Å²) in [7, 11) is 1.71. The van der Waals surface area contributed by atoms with E-state index in [2.05, 4.69) is 10.3 Å². The zero-order chi connectivity index (χ0) is 15.6. The number of hydrogen-bond acceptors (Lipinski definition) is 4. The summed E-state index contributed by atoms with van der Waals surface area (Å²) in [5.74, 6) is 0.0257. The van der Waals surface area contributed by atoms with Crippen LogP contribution in [0.4, 0.5) is 5.69 Å². The Morgan fingerprint density at radius 3 is 2.76 bits per heavy atom. The minimum Gasteiger partial charge on any atom is -0.345 e. The molecular weight excluding hydrogens is 319 g/mol. The number of hydrogen-bond donors (Lipinski definition) is 1. The molecule has 7 nitrogen and oxygen atoms in total. The average molecular weight is 329 g/mol. The van der Waals surface area contributed by atoms with Gasteiger partial charge in [-0.25, -0.2) is 4.98 Å². The minimum atomic E-state index is -0.592. The second-order valence-electron chi connectivity index (χ2n) is 4.16. The highest BCUT2D eigenvalue weighted by Crippen LogP contribution is 2.22. The molecule has 0 atom stereocenters. The van der Waals surface area contributed by atoms with E-state index in [9.17, 15) is 14.9 Å². The van der Waals surface area contributed by atoms with Crippen molar-refractivity contribution in [3.8, 4) is 0 Å². The van der Waals surface area contributed by atoms with Crippen molar-refractivity contribution in [2.24, 2.45) is 7.05 Å². The zero-order valence-corrected chi connectivity index (χ0v) is 12.4. The number of nitro groups is 1. The van der Waals surface area contributed by atoms with E-state index >= 15 is 0 Å². The molecule has 1 heterocycles.